The highest BCUT2D eigenvalue weighted by molar-refractivity contribution is 9.10. The van der Waals surface area contributed by atoms with Crippen molar-refractivity contribution < 1.29 is 0 Å². The number of hydrogen-bond acceptors (Lipinski definition) is 3. The van der Waals surface area contributed by atoms with Gasteiger partial charge in [-0.1, -0.05) is 12.1 Å². The quantitative estimate of drug-likeness (QED) is 0.643. The van der Waals surface area contributed by atoms with E-state index in [4.69, 9.17) is 11.1 Å². The van der Waals surface area contributed by atoms with E-state index in [1.165, 1.54) is 0 Å². The number of benzene rings is 1. The highest BCUT2D eigenvalue weighted by atomic mass is 79.9. The van der Waals surface area contributed by atoms with Crippen molar-refractivity contribution in [3.63, 3.8) is 0 Å². The van der Waals surface area contributed by atoms with E-state index in [1.54, 1.807) is 0 Å². The Labute approximate surface area is 133 Å². The van der Waals surface area contributed by atoms with Gasteiger partial charge in [0.2, 0.25) is 0 Å². The van der Waals surface area contributed by atoms with Gasteiger partial charge in [-0.3, -0.25) is 10.1 Å². The van der Waals surface area contributed by atoms with Gasteiger partial charge in [-0.05, 0) is 41.9 Å². The van der Waals surface area contributed by atoms with Crippen molar-refractivity contribution in [2.45, 2.75) is 26.9 Å². The number of anilines is 1. The number of halogens is 1. The minimum Gasteiger partial charge on any atom is -0.384 e. The fourth-order valence-corrected chi connectivity index (χ4v) is 2.66. The Morgan fingerprint density at radius 2 is 2.19 bits per heavy atom. The summed E-state index contributed by atoms with van der Waals surface area (Å²) in [6, 6.07) is 7.70. The maximum absolute atomic E-state index is 7.53. The summed E-state index contributed by atoms with van der Waals surface area (Å²) in [6.45, 7) is 5.65. The highest BCUT2D eigenvalue weighted by Crippen LogP contribution is 2.24. The molecule has 6 heteroatoms. The summed E-state index contributed by atoms with van der Waals surface area (Å²) >= 11 is 3.62. The van der Waals surface area contributed by atoms with Gasteiger partial charge < -0.3 is 10.6 Å². The predicted molar refractivity (Wildman–Crippen MR) is 89.9 cm³/mol. The van der Waals surface area contributed by atoms with Gasteiger partial charge in [-0.25, -0.2) is 0 Å². The number of rotatable bonds is 5. The fraction of sp³-hybridized carbons (Fsp3) is 0.333. The second-order valence-corrected chi connectivity index (χ2v) is 5.77. The van der Waals surface area contributed by atoms with Crippen LogP contribution in [0.2, 0.25) is 0 Å². The van der Waals surface area contributed by atoms with Crippen LogP contribution in [-0.2, 0) is 13.1 Å². The van der Waals surface area contributed by atoms with Gasteiger partial charge in [0.05, 0.1) is 22.4 Å². The van der Waals surface area contributed by atoms with Gasteiger partial charge in [-0.2, -0.15) is 5.10 Å². The average Bonchev–Trinajstić information content (AvgIpc) is 2.75. The topological polar surface area (TPSA) is 70.9 Å². The van der Waals surface area contributed by atoms with Crippen LogP contribution in [-0.4, -0.2) is 22.7 Å². The Hall–Kier alpha value is -1.82. The molecule has 0 aliphatic rings. The van der Waals surface area contributed by atoms with Crippen LogP contribution in [0.5, 0.6) is 0 Å². The van der Waals surface area contributed by atoms with E-state index in [0.29, 0.717) is 0 Å². The smallest absolute Gasteiger partial charge is 0.122 e. The zero-order valence-corrected chi connectivity index (χ0v) is 14.1. The van der Waals surface area contributed by atoms with Crippen molar-refractivity contribution in [2.75, 3.05) is 11.9 Å². The second kappa shape index (κ2) is 6.30. The second-order valence-electron chi connectivity index (χ2n) is 4.98. The maximum Gasteiger partial charge on any atom is 0.122 e. The molecule has 0 amide bonds. The lowest BCUT2D eigenvalue weighted by Gasteiger charge is -2.20. The Bertz CT molecular complexity index is 662. The van der Waals surface area contributed by atoms with E-state index < -0.39 is 0 Å². The number of nitrogens with zero attached hydrogens (tertiary/aromatic N) is 3. The summed E-state index contributed by atoms with van der Waals surface area (Å²) in [6.07, 6.45) is 0. The molecule has 0 fully saturated rings. The van der Waals surface area contributed by atoms with Gasteiger partial charge in [-0.15, -0.1) is 0 Å². The van der Waals surface area contributed by atoms with E-state index in [9.17, 15) is 0 Å². The summed E-state index contributed by atoms with van der Waals surface area (Å²) < 4.78 is 3.06. The van der Waals surface area contributed by atoms with Crippen LogP contribution in [0.3, 0.4) is 0 Å². The van der Waals surface area contributed by atoms with Gasteiger partial charge >= 0.3 is 0 Å². The van der Waals surface area contributed by atoms with Crippen LogP contribution < -0.4 is 10.6 Å². The van der Waals surface area contributed by atoms with Crippen LogP contribution in [0.25, 0.3) is 0 Å². The minimum absolute atomic E-state index is 0.0841. The largest absolute Gasteiger partial charge is 0.384 e. The first-order valence-corrected chi connectivity index (χ1v) is 7.60. The molecule has 5 nitrogen and oxygen atoms in total. The number of nitrogens with two attached hydrogens (primary N) is 1. The SMILES string of the molecule is CCn1nc(C)c(Br)c1CN(C)c1cccc(C(=N)N)c1. The normalized spacial score (nSPS) is 10.7. The number of hydrogen-bond donors (Lipinski definition) is 2. The first kappa shape index (κ1) is 15.6. The van der Waals surface area contributed by atoms with Crippen LogP contribution in [0.4, 0.5) is 5.69 Å². The standard InChI is InChI=1S/C15H20BrN5/c1-4-21-13(14(16)10(2)19-21)9-20(3)12-7-5-6-11(8-12)15(17)18/h5-8H,4,9H2,1-3H3,(H3,17,18). The van der Waals surface area contributed by atoms with Crippen LogP contribution in [0.1, 0.15) is 23.9 Å². The van der Waals surface area contributed by atoms with Crippen molar-refractivity contribution in [1.29, 1.82) is 5.41 Å². The Morgan fingerprint density at radius 3 is 2.81 bits per heavy atom. The van der Waals surface area contributed by atoms with Crippen molar-refractivity contribution in [2.24, 2.45) is 5.73 Å². The van der Waals surface area contributed by atoms with Crippen LogP contribution >= 0.6 is 15.9 Å². The molecule has 0 saturated heterocycles. The highest BCUT2D eigenvalue weighted by Gasteiger charge is 2.14. The summed E-state index contributed by atoms with van der Waals surface area (Å²) in [5.74, 6) is 0.0841. The number of nitrogen functional groups attached to an aromatic ring is 1. The summed E-state index contributed by atoms with van der Waals surface area (Å²) in [4.78, 5) is 2.12. The minimum atomic E-state index is 0.0841. The van der Waals surface area contributed by atoms with Gasteiger partial charge in [0, 0.05) is 24.8 Å². The lowest BCUT2D eigenvalue weighted by atomic mass is 10.1. The average molecular weight is 350 g/mol. The first-order valence-electron chi connectivity index (χ1n) is 6.81. The molecule has 0 unspecified atom stereocenters. The molecule has 0 bridgehead atoms. The molecule has 0 saturated carbocycles. The molecule has 0 aliphatic heterocycles. The molecule has 3 N–H and O–H groups in total. The van der Waals surface area contributed by atoms with Gasteiger partial charge in [0.1, 0.15) is 5.84 Å². The van der Waals surface area contributed by atoms with Crippen molar-refractivity contribution in [1.82, 2.24) is 9.78 Å². The van der Waals surface area contributed by atoms with E-state index >= 15 is 0 Å². The molecule has 1 aromatic heterocycles. The number of aromatic nitrogens is 2. The lowest BCUT2D eigenvalue weighted by molar-refractivity contribution is 0.612. The Balaban J connectivity index is 2.28. The third-order valence-corrected chi connectivity index (χ3v) is 4.47. The summed E-state index contributed by atoms with van der Waals surface area (Å²) in [7, 11) is 2.02. The van der Waals surface area contributed by atoms with Gasteiger partial charge in [0.15, 0.2) is 0 Å². The molecule has 1 aromatic carbocycles. The molecule has 2 rings (SSSR count). The van der Waals surface area contributed by atoms with E-state index in [0.717, 1.165) is 40.2 Å². The first-order chi connectivity index (χ1) is 9.93. The Kier molecular flexibility index (Phi) is 4.67. The van der Waals surface area contributed by atoms with Crippen molar-refractivity contribution in [3.8, 4) is 0 Å². The number of nitrogens with one attached hydrogen (secondary N) is 1. The maximum atomic E-state index is 7.53. The molecule has 21 heavy (non-hydrogen) atoms. The monoisotopic (exact) mass is 349 g/mol. The van der Waals surface area contributed by atoms with E-state index in [-0.39, 0.29) is 5.84 Å². The third-order valence-electron chi connectivity index (χ3n) is 3.44. The number of aryl methyl sites for hydroxylation is 2. The van der Waals surface area contributed by atoms with Crippen molar-refractivity contribution in [3.05, 3.63) is 45.7 Å². The molecule has 2 aromatic rings. The third kappa shape index (κ3) is 3.26. The molecule has 0 aliphatic carbocycles. The number of amidine groups is 1. The molecule has 1 heterocycles. The van der Waals surface area contributed by atoms with Crippen LogP contribution in [0, 0.1) is 12.3 Å². The molecule has 0 radical (unpaired) electrons. The molecular formula is C15H20BrN5. The molecule has 112 valence electrons. The Morgan fingerprint density at radius 1 is 1.48 bits per heavy atom. The summed E-state index contributed by atoms with van der Waals surface area (Å²) in [5.41, 5.74) is 9.45. The predicted octanol–water partition coefficient (Wildman–Crippen LogP) is 2.89. The zero-order valence-electron chi connectivity index (χ0n) is 12.5. The molecule has 0 atom stereocenters. The molecular weight excluding hydrogens is 330 g/mol. The lowest BCUT2D eigenvalue weighted by Crippen LogP contribution is -2.20. The van der Waals surface area contributed by atoms with E-state index in [1.807, 2.05) is 42.9 Å². The summed E-state index contributed by atoms with van der Waals surface area (Å²) in [5, 5.41) is 12.0. The van der Waals surface area contributed by atoms with Gasteiger partial charge in [0.25, 0.3) is 0 Å². The molecule has 0 spiro atoms. The van der Waals surface area contributed by atoms with Crippen LogP contribution in [0.15, 0.2) is 28.7 Å². The fourth-order valence-electron chi connectivity index (χ4n) is 2.25. The zero-order chi connectivity index (χ0) is 15.6. The van der Waals surface area contributed by atoms with Crippen molar-refractivity contribution >= 4 is 27.5 Å². The van der Waals surface area contributed by atoms with E-state index in [2.05, 4.69) is 32.9 Å².